The van der Waals surface area contributed by atoms with E-state index >= 15 is 0 Å². The fourth-order valence-electron chi connectivity index (χ4n) is 1.84. The molecule has 0 aliphatic rings. The molecule has 0 aromatic rings. The van der Waals surface area contributed by atoms with Crippen molar-refractivity contribution in [2.24, 2.45) is 5.92 Å². The van der Waals surface area contributed by atoms with E-state index < -0.39 is 0 Å². The van der Waals surface area contributed by atoms with Gasteiger partial charge in [-0.25, -0.2) is 0 Å². The van der Waals surface area contributed by atoms with E-state index in [4.69, 9.17) is 0 Å². The average Bonchev–Trinajstić information content (AvgIpc) is 2.32. The van der Waals surface area contributed by atoms with Crippen LogP contribution in [0.5, 0.6) is 0 Å². The molecule has 0 aromatic heterocycles. The molecule has 18 heavy (non-hydrogen) atoms. The zero-order valence-corrected chi connectivity index (χ0v) is 13.9. The smallest absolute Gasteiger partial charge is 0.0386 e. The molecule has 0 fully saturated rings. The zero-order valence-electron chi connectivity index (χ0n) is 13.0. The number of hydrogen-bond acceptors (Lipinski definition) is 2. The Balaban J connectivity index is 4.63. The van der Waals surface area contributed by atoms with Gasteiger partial charge in [0.2, 0.25) is 0 Å². The Bertz CT molecular complexity index is 289. The highest BCUT2D eigenvalue weighted by Gasteiger charge is 2.07. The molecule has 2 heteroatoms. The Labute approximate surface area is 120 Å². The van der Waals surface area contributed by atoms with Gasteiger partial charge in [0.05, 0.1) is 0 Å². The van der Waals surface area contributed by atoms with Crippen molar-refractivity contribution in [1.82, 2.24) is 5.32 Å². The van der Waals surface area contributed by atoms with Crippen LogP contribution >= 0.6 is 12.6 Å². The van der Waals surface area contributed by atoms with E-state index in [0.717, 1.165) is 18.9 Å². The standard InChI is InChI=1S/C16H31NS/c1-7-9-12(3)11-17-16(15(6)18)10-14(5)13(4)8-2/h10,12,15,17-18H,7-9,11H2,1-6H3/b14-13-,16-10+/t12?,15-/m0/s1. The third-order valence-electron chi connectivity index (χ3n) is 3.46. The third kappa shape index (κ3) is 7.15. The first-order valence-electron chi connectivity index (χ1n) is 7.22. The summed E-state index contributed by atoms with van der Waals surface area (Å²) in [6, 6.07) is 0. The van der Waals surface area contributed by atoms with E-state index in [1.807, 2.05) is 0 Å². The predicted octanol–water partition coefficient (Wildman–Crippen LogP) is 4.96. The second-order valence-electron chi connectivity index (χ2n) is 5.37. The normalized spacial score (nSPS) is 17.2. The van der Waals surface area contributed by atoms with Gasteiger partial charge in [-0.05, 0) is 45.6 Å². The largest absolute Gasteiger partial charge is 0.387 e. The van der Waals surface area contributed by atoms with Crippen LogP contribution in [0.3, 0.4) is 0 Å². The molecule has 0 saturated heterocycles. The molecule has 0 saturated carbocycles. The SMILES string of the molecule is CCCC(C)CN/C(=C/C(C)=C(/C)CC)[C@H](C)S. The minimum Gasteiger partial charge on any atom is -0.387 e. The molecule has 2 atom stereocenters. The van der Waals surface area contributed by atoms with Gasteiger partial charge >= 0.3 is 0 Å². The fraction of sp³-hybridized carbons (Fsp3) is 0.750. The van der Waals surface area contributed by atoms with E-state index in [1.165, 1.54) is 29.7 Å². The second-order valence-corrected chi connectivity index (χ2v) is 6.14. The summed E-state index contributed by atoms with van der Waals surface area (Å²) in [5.41, 5.74) is 4.06. The zero-order chi connectivity index (χ0) is 14.1. The van der Waals surface area contributed by atoms with Crippen molar-refractivity contribution in [3.05, 3.63) is 22.9 Å². The lowest BCUT2D eigenvalue weighted by Crippen LogP contribution is -2.24. The Morgan fingerprint density at radius 3 is 2.28 bits per heavy atom. The molecule has 0 radical (unpaired) electrons. The van der Waals surface area contributed by atoms with Crippen molar-refractivity contribution < 1.29 is 0 Å². The summed E-state index contributed by atoms with van der Waals surface area (Å²) >= 11 is 4.57. The molecule has 0 rings (SSSR count). The highest BCUT2D eigenvalue weighted by atomic mass is 32.1. The summed E-state index contributed by atoms with van der Waals surface area (Å²) in [7, 11) is 0. The Kier molecular flexibility index (Phi) is 9.35. The van der Waals surface area contributed by atoms with Gasteiger partial charge in [-0.3, -0.25) is 0 Å². The van der Waals surface area contributed by atoms with Crippen molar-refractivity contribution in [2.75, 3.05) is 6.54 Å². The quantitative estimate of drug-likeness (QED) is 0.469. The van der Waals surface area contributed by atoms with Crippen molar-refractivity contribution in [3.63, 3.8) is 0 Å². The van der Waals surface area contributed by atoms with Crippen LogP contribution in [-0.2, 0) is 0 Å². The molecular formula is C16H31NS. The minimum absolute atomic E-state index is 0.262. The van der Waals surface area contributed by atoms with Crippen molar-refractivity contribution in [2.45, 2.75) is 66.1 Å². The summed E-state index contributed by atoms with van der Waals surface area (Å²) in [4.78, 5) is 0. The first-order valence-corrected chi connectivity index (χ1v) is 7.73. The van der Waals surface area contributed by atoms with Crippen LogP contribution in [0.25, 0.3) is 0 Å². The Morgan fingerprint density at radius 1 is 1.22 bits per heavy atom. The Morgan fingerprint density at radius 2 is 1.83 bits per heavy atom. The van der Waals surface area contributed by atoms with Crippen LogP contribution in [0, 0.1) is 5.92 Å². The average molecular weight is 269 g/mol. The molecule has 1 unspecified atom stereocenters. The summed E-state index contributed by atoms with van der Waals surface area (Å²) in [6.45, 7) is 14.3. The van der Waals surface area contributed by atoms with Crippen LogP contribution < -0.4 is 5.32 Å². The monoisotopic (exact) mass is 269 g/mol. The first-order chi connectivity index (χ1) is 8.42. The van der Waals surface area contributed by atoms with Gasteiger partial charge in [-0.15, -0.1) is 0 Å². The number of hydrogen-bond donors (Lipinski definition) is 2. The summed E-state index contributed by atoms with van der Waals surface area (Å²) in [5.74, 6) is 0.724. The fourth-order valence-corrected chi connectivity index (χ4v) is 2.01. The second kappa shape index (κ2) is 9.55. The molecule has 1 nitrogen and oxygen atoms in total. The van der Waals surface area contributed by atoms with E-state index in [1.54, 1.807) is 0 Å². The number of allylic oxidation sites excluding steroid dienone is 3. The predicted molar refractivity (Wildman–Crippen MR) is 87.3 cm³/mol. The molecule has 0 aliphatic carbocycles. The van der Waals surface area contributed by atoms with Gasteiger partial charge in [-0.2, -0.15) is 12.6 Å². The van der Waals surface area contributed by atoms with Gasteiger partial charge in [0, 0.05) is 17.5 Å². The molecule has 0 aliphatic heterocycles. The Hall–Kier alpha value is -0.370. The lowest BCUT2D eigenvalue weighted by Gasteiger charge is -2.18. The van der Waals surface area contributed by atoms with Crippen LogP contribution in [-0.4, -0.2) is 11.8 Å². The molecule has 0 bridgehead atoms. The van der Waals surface area contributed by atoms with Crippen molar-refractivity contribution >= 4 is 12.6 Å². The molecule has 0 spiro atoms. The number of nitrogens with one attached hydrogen (secondary N) is 1. The first kappa shape index (κ1) is 17.6. The number of thiol groups is 1. The highest BCUT2D eigenvalue weighted by Crippen LogP contribution is 2.15. The summed E-state index contributed by atoms with van der Waals surface area (Å²) in [6.07, 6.45) is 5.91. The van der Waals surface area contributed by atoms with Crippen molar-refractivity contribution in [1.29, 1.82) is 0 Å². The highest BCUT2D eigenvalue weighted by molar-refractivity contribution is 7.81. The molecule has 0 heterocycles. The van der Waals surface area contributed by atoms with E-state index in [9.17, 15) is 0 Å². The van der Waals surface area contributed by atoms with Crippen LogP contribution in [0.1, 0.15) is 60.8 Å². The number of rotatable bonds is 8. The summed E-state index contributed by atoms with van der Waals surface area (Å²) < 4.78 is 0. The molecule has 0 amide bonds. The maximum Gasteiger partial charge on any atom is 0.0386 e. The van der Waals surface area contributed by atoms with Crippen LogP contribution in [0.15, 0.2) is 22.9 Å². The van der Waals surface area contributed by atoms with Crippen molar-refractivity contribution in [3.8, 4) is 0 Å². The summed E-state index contributed by atoms with van der Waals surface area (Å²) in [5, 5.41) is 3.83. The molecular weight excluding hydrogens is 238 g/mol. The third-order valence-corrected chi connectivity index (χ3v) is 3.74. The maximum atomic E-state index is 4.57. The van der Waals surface area contributed by atoms with E-state index in [0.29, 0.717) is 0 Å². The molecule has 1 N–H and O–H groups in total. The van der Waals surface area contributed by atoms with E-state index in [2.05, 4.69) is 65.6 Å². The topological polar surface area (TPSA) is 12.0 Å². The molecule has 106 valence electrons. The maximum absolute atomic E-state index is 4.57. The van der Waals surface area contributed by atoms with Gasteiger partial charge < -0.3 is 5.32 Å². The lowest BCUT2D eigenvalue weighted by molar-refractivity contribution is 0.497. The van der Waals surface area contributed by atoms with Gasteiger partial charge in [0.25, 0.3) is 0 Å². The van der Waals surface area contributed by atoms with Gasteiger partial charge in [0.15, 0.2) is 0 Å². The molecule has 0 aromatic carbocycles. The van der Waals surface area contributed by atoms with E-state index in [-0.39, 0.29) is 5.25 Å². The van der Waals surface area contributed by atoms with Gasteiger partial charge in [-0.1, -0.05) is 38.3 Å². The van der Waals surface area contributed by atoms with Crippen LogP contribution in [0.2, 0.25) is 0 Å². The minimum atomic E-state index is 0.262. The van der Waals surface area contributed by atoms with Gasteiger partial charge in [0.1, 0.15) is 0 Å². The van der Waals surface area contributed by atoms with Crippen LogP contribution in [0.4, 0.5) is 0 Å². The lowest BCUT2D eigenvalue weighted by atomic mass is 10.0.